The van der Waals surface area contributed by atoms with Gasteiger partial charge in [-0.25, -0.2) is 4.79 Å². The van der Waals surface area contributed by atoms with Crippen molar-refractivity contribution in [1.82, 2.24) is 4.90 Å². The average molecular weight is 484 g/mol. The summed E-state index contributed by atoms with van der Waals surface area (Å²) < 4.78 is 12.5. The van der Waals surface area contributed by atoms with E-state index in [0.717, 1.165) is 6.42 Å². The normalized spacial score (nSPS) is 19.3. The second-order valence-electron chi connectivity index (χ2n) is 11.3. The Morgan fingerprint density at radius 2 is 1.50 bits per heavy atom. The third-order valence-corrected chi connectivity index (χ3v) is 11.6. The van der Waals surface area contributed by atoms with E-state index in [4.69, 9.17) is 9.16 Å². The summed E-state index contributed by atoms with van der Waals surface area (Å²) in [5.41, 5.74) is -0.554. The monoisotopic (exact) mass is 483 g/mol. The van der Waals surface area contributed by atoms with Gasteiger partial charge in [0.25, 0.3) is 8.32 Å². The fraction of sp³-hybridized carbons (Fsp3) is 0.536. The van der Waals surface area contributed by atoms with Gasteiger partial charge in [-0.1, -0.05) is 81.4 Å². The number of hydrogen-bond acceptors (Lipinski definition) is 4. The number of amides is 1. The Bertz CT molecular complexity index is 881. The minimum absolute atomic E-state index is 0.0782. The Morgan fingerprint density at radius 1 is 0.971 bits per heavy atom. The van der Waals surface area contributed by atoms with Gasteiger partial charge in [0.1, 0.15) is 5.60 Å². The summed E-state index contributed by atoms with van der Waals surface area (Å²) in [5, 5.41) is 13.0. The molecule has 0 saturated carbocycles. The number of aliphatic hydroxyl groups excluding tert-OH is 1. The van der Waals surface area contributed by atoms with Crippen LogP contribution in [0.1, 0.15) is 60.8 Å². The molecule has 0 unspecified atom stereocenters. The lowest BCUT2D eigenvalue weighted by Crippen LogP contribution is -2.66. The molecule has 186 valence electrons. The van der Waals surface area contributed by atoms with Crippen LogP contribution in [0.5, 0.6) is 0 Å². The van der Waals surface area contributed by atoms with Crippen LogP contribution in [0.25, 0.3) is 0 Å². The van der Waals surface area contributed by atoms with Crippen molar-refractivity contribution >= 4 is 24.8 Å². The molecular formula is C28H41NO4Si. The number of aliphatic hydroxyl groups is 1. The van der Waals surface area contributed by atoms with Gasteiger partial charge in [-0.05, 0) is 55.4 Å². The molecule has 2 aromatic rings. The first-order chi connectivity index (χ1) is 16.0. The molecule has 1 aliphatic rings. The first kappa shape index (κ1) is 26.5. The van der Waals surface area contributed by atoms with Crippen LogP contribution in [0.2, 0.25) is 5.04 Å². The van der Waals surface area contributed by atoms with Gasteiger partial charge in [-0.15, -0.1) is 0 Å². The Kier molecular flexibility index (Phi) is 8.27. The second-order valence-corrected chi connectivity index (χ2v) is 15.6. The van der Waals surface area contributed by atoms with Crippen LogP contribution in [-0.2, 0) is 9.16 Å². The largest absolute Gasteiger partial charge is 0.444 e. The van der Waals surface area contributed by atoms with Crippen LogP contribution in [0.3, 0.4) is 0 Å². The highest BCUT2D eigenvalue weighted by molar-refractivity contribution is 6.99. The van der Waals surface area contributed by atoms with Crippen molar-refractivity contribution < 1.29 is 19.1 Å². The zero-order chi connectivity index (χ0) is 25.0. The van der Waals surface area contributed by atoms with E-state index >= 15 is 0 Å². The predicted octanol–water partition coefficient (Wildman–Crippen LogP) is 4.71. The number of carbonyl (C=O) groups is 1. The van der Waals surface area contributed by atoms with Gasteiger partial charge in [-0.2, -0.15) is 0 Å². The van der Waals surface area contributed by atoms with Crippen molar-refractivity contribution in [3.8, 4) is 0 Å². The Labute approximate surface area is 206 Å². The molecule has 1 amide bonds. The van der Waals surface area contributed by atoms with E-state index in [2.05, 4.69) is 69.3 Å². The van der Waals surface area contributed by atoms with Gasteiger partial charge in [0.2, 0.25) is 0 Å². The lowest BCUT2D eigenvalue weighted by atomic mass is 10.1. The van der Waals surface area contributed by atoms with Gasteiger partial charge < -0.3 is 19.2 Å². The van der Waals surface area contributed by atoms with Crippen LogP contribution in [0.15, 0.2) is 60.7 Å². The summed E-state index contributed by atoms with van der Waals surface area (Å²) >= 11 is 0. The van der Waals surface area contributed by atoms with E-state index in [-0.39, 0.29) is 17.2 Å². The third kappa shape index (κ3) is 5.91. The van der Waals surface area contributed by atoms with Gasteiger partial charge in [0, 0.05) is 13.2 Å². The maximum Gasteiger partial charge on any atom is 0.410 e. The van der Waals surface area contributed by atoms with Crippen molar-refractivity contribution in [2.24, 2.45) is 0 Å². The quantitative estimate of drug-likeness (QED) is 0.458. The standard InChI is InChI=1S/C28H41NO4Si/c1-27(2,3)33-26(31)29-20-19-25(30)24(29)18-13-21-32-34(28(4,5)6,22-14-9-7-10-15-22)23-16-11-8-12-17-23/h7-12,14-17,24-25,30H,13,18-21H2,1-6H3/t24-,25-/m1/s1. The molecule has 0 radical (unpaired) electrons. The fourth-order valence-corrected chi connectivity index (χ4v) is 9.62. The molecule has 0 aromatic heterocycles. The molecule has 1 aliphatic heterocycles. The lowest BCUT2D eigenvalue weighted by Gasteiger charge is -2.43. The third-order valence-electron chi connectivity index (χ3n) is 6.52. The predicted molar refractivity (Wildman–Crippen MR) is 140 cm³/mol. The summed E-state index contributed by atoms with van der Waals surface area (Å²) in [6.07, 6.45) is 1.14. The molecule has 2 aromatic carbocycles. The van der Waals surface area contributed by atoms with Crippen molar-refractivity contribution in [3.05, 3.63) is 60.7 Å². The first-order valence-corrected chi connectivity index (χ1v) is 14.3. The number of hydrogen-bond donors (Lipinski definition) is 1. The molecule has 0 spiro atoms. The summed E-state index contributed by atoms with van der Waals surface area (Å²) in [5.74, 6) is 0. The van der Waals surface area contributed by atoms with E-state index < -0.39 is 20.0 Å². The molecule has 1 fully saturated rings. The van der Waals surface area contributed by atoms with E-state index in [9.17, 15) is 9.90 Å². The van der Waals surface area contributed by atoms with E-state index in [0.29, 0.717) is 26.0 Å². The van der Waals surface area contributed by atoms with Gasteiger partial charge >= 0.3 is 6.09 Å². The highest BCUT2D eigenvalue weighted by atomic mass is 28.4. The highest BCUT2D eigenvalue weighted by Crippen LogP contribution is 2.37. The maximum atomic E-state index is 12.7. The van der Waals surface area contributed by atoms with Gasteiger partial charge in [-0.3, -0.25) is 0 Å². The molecule has 5 nitrogen and oxygen atoms in total. The molecule has 0 aliphatic carbocycles. The summed E-state index contributed by atoms with van der Waals surface area (Å²) in [6, 6.07) is 21.0. The lowest BCUT2D eigenvalue weighted by molar-refractivity contribution is 0.0137. The number of likely N-dealkylation sites (tertiary alicyclic amines) is 1. The minimum atomic E-state index is -2.58. The number of ether oxygens (including phenoxy) is 1. The highest BCUT2D eigenvalue weighted by Gasteiger charge is 2.50. The molecule has 0 bridgehead atoms. The number of nitrogens with zero attached hydrogens (tertiary/aromatic N) is 1. The van der Waals surface area contributed by atoms with Gasteiger partial charge in [0.05, 0.1) is 12.1 Å². The zero-order valence-corrected chi connectivity index (χ0v) is 22.6. The minimum Gasteiger partial charge on any atom is -0.444 e. The Balaban J connectivity index is 1.77. The van der Waals surface area contributed by atoms with Crippen molar-refractivity contribution in [1.29, 1.82) is 0 Å². The summed E-state index contributed by atoms with van der Waals surface area (Å²) in [6.45, 7) is 13.5. The van der Waals surface area contributed by atoms with Crippen LogP contribution < -0.4 is 10.4 Å². The van der Waals surface area contributed by atoms with Gasteiger partial charge in [0.15, 0.2) is 0 Å². The number of rotatable bonds is 7. The maximum absolute atomic E-state index is 12.7. The van der Waals surface area contributed by atoms with E-state index in [1.165, 1.54) is 10.4 Å². The first-order valence-electron chi connectivity index (χ1n) is 12.4. The molecule has 2 atom stereocenters. The van der Waals surface area contributed by atoms with Crippen LogP contribution in [0.4, 0.5) is 4.79 Å². The molecule has 6 heteroatoms. The SMILES string of the molecule is CC(C)(C)OC(=O)N1CC[C@@H](O)[C@H]1CCCO[Si](c1ccccc1)(c1ccccc1)C(C)(C)C. The summed E-state index contributed by atoms with van der Waals surface area (Å²) in [7, 11) is -2.58. The molecule has 1 heterocycles. The molecule has 3 rings (SSSR count). The smallest absolute Gasteiger partial charge is 0.410 e. The average Bonchev–Trinajstić information content (AvgIpc) is 3.13. The molecular weight excluding hydrogens is 442 g/mol. The topological polar surface area (TPSA) is 59.0 Å². The molecule has 1 N–H and O–H groups in total. The summed E-state index contributed by atoms with van der Waals surface area (Å²) in [4.78, 5) is 14.4. The van der Waals surface area contributed by atoms with Crippen LogP contribution >= 0.6 is 0 Å². The van der Waals surface area contributed by atoms with Crippen molar-refractivity contribution in [2.75, 3.05) is 13.2 Å². The fourth-order valence-electron chi connectivity index (χ4n) is 5.01. The van der Waals surface area contributed by atoms with Crippen LogP contribution in [0, 0.1) is 0 Å². The van der Waals surface area contributed by atoms with E-state index in [1.807, 2.05) is 32.9 Å². The van der Waals surface area contributed by atoms with Crippen LogP contribution in [-0.4, -0.2) is 55.3 Å². The Morgan fingerprint density at radius 3 is 1.97 bits per heavy atom. The molecule has 1 saturated heterocycles. The van der Waals surface area contributed by atoms with E-state index in [1.54, 1.807) is 4.90 Å². The van der Waals surface area contributed by atoms with Crippen molar-refractivity contribution in [3.63, 3.8) is 0 Å². The zero-order valence-electron chi connectivity index (χ0n) is 21.6. The Hall–Kier alpha value is -2.15. The van der Waals surface area contributed by atoms with Crippen molar-refractivity contribution in [2.45, 2.75) is 83.6 Å². The second kappa shape index (κ2) is 10.6. The number of carbonyl (C=O) groups excluding carboxylic acids is 1. The molecule has 34 heavy (non-hydrogen) atoms. The number of benzene rings is 2.